The number of nitrogens with zero attached hydrogens (tertiary/aromatic N) is 3. The number of hydrogen-bond acceptors (Lipinski definition) is 5. The molecule has 1 aromatic rings. The summed E-state index contributed by atoms with van der Waals surface area (Å²) in [7, 11) is 0. The van der Waals surface area contributed by atoms with E-state index in [0.717, 1.165) is 38.3 Å². The van der Waals surface area contributed by atoms with Crippen molar-refractivity contribution in [3.8, 4) is 0 Å². The molecule has 0 spiro atoms. The number of nitrogens with two attached hydrogens (primary N) is 1. The molecule has 3 heterocycles. The molecule has 2 N–H and O–H groups in total. The number of carbonyl (C=O) groups is 1. The van der Waals surface area contributed by atoms with E-state index in [1.807, 2.05) is 17.9 Å². The largest absolute Gasteiger partial charge is 0.396 e. The smallest absolute Gasteiger partial charge is 0.228 e. The number of carbonyl (C=O) groups excluding carboxylic acids is 1. The van der Waals surface area contributed by atoms with Gasteiger partial charge < -0.3 is 20.3 Å². The first-order chi connectivity index (χ1) is 10.2. The zero-order chi connectivity index (χ0) is 14.8. The van der Waals surface area contributed by atoms with E-state index >= 15 is 0 Å². The fourth-order valence-corrected chi connectivity index (χ4v) is 3.15. The second-order valence-electron chi connectivity index (χ2n) is 5.72. The Hall–Kier alpha value is -1.82. The second-order valence-corrected chi connectivity index (χ2v) is 5.72. The maximum Gasteiger partial charge on any atom is 0.228 e. The minimum atomic E-state index is 0.0301. The predicted molar refractivity (Wildman–Crippen MR) is 81.0 cm³/mol. The molecule has 114 valence electrons. The van der Waals surface area contributed by atoms with Gasteiger partial charge in [-0.25, -0.2) is 0 Å². The van der Waals surface area contributed by atoms with Gasteiger partial charge in [0.1, 0.15) is 0 Å². The number of rotatable bonds is 2. The van der Waals surface area contributed by atoms with Crippen molar-refractivity contribution in [2.24, 2.45) is 5.92 Å². The highest BCUT2D eigenvalue weighted by atomic mass is 16.5. The van der Waals surface area contributed by atoms with Crippen molar-refractivity contribution in [2.75, 3.05) is 43.4 Å². The van der Waals surface area contributed by atoms with Crippen LogP contribution < -0.4 is 10.6 Å². The van der Waals surface area contributed by atoms with E-state index in [-0.39, 0.29) is 17.9 Å². The van der Waals surface area contributed by atoms with E-state index in [2.05, 4.69) is 9.88 Å². The Morgan fingerprint density at radius 3 is 2.76 bits per heavy atom. The second kappa shape index (κ2) is 5.89. The summed E-state index contributed by atoms with van der Waals surface area (Å²) in [5, 5.41) is 0. The first-order valence-electron chi connectivity index (χ1n) is 7.51. The van der Waals surface area contributed by atoms with Gasteiger partial charge in [0.15, 0.2) is 0 Å². The van der Waals surface area contributed by atoms with Gasteiger partial charge in [0, 0.05) is 39.0 Å². The Morgan fingerprint density at radius 1 is 1.38 bits per heavy atom. The lowest BCUT2D eigenvalue weighted by atomic mass is 10.0. The zero-order valence-corrected chi connectivity index (χ0v) is 12.4. The van der Waals surface area contributed by atoms with Gasteiger partial charge in [0.2, 0.25) is 5.91 Å². The molecule has 2 aliphatic rings. The van der Waals surface area contributed by atoms with Crippen molar-refractivity contribution in [3.63, 3.8) is 0 Å². The summed E-state index contributed by atoms with van der Waals surface area (Å²) < 4.78 is 5.50. The highest BCUT2D eigenvalue weighted by molar-refractivity contribution is 5.80. The number of aromatic nitrogens is 1. The minimum absolute atomic E-state index is 0.0301. The molecule has 1 aromatic heterocycles. The normalized spacial score (nSPS) is 26.1. The van der Waals surface area contributed by atoms with Gasteiger partial charge in [-0.1, -0.05) is 0 Å². The van der Waals surface area contributed by atoms with Crippen molar-refractivity contribution in [1.82, 2.24) is 9.88 Å². The van der Waals surface area contributed by atoms with E-state index in [1.54, 1.807) is 12.4 Å². The van der Waals surface area contributed by atoms with E-state index in [9.17, 15) is 4.79 Å². The van der Waals surface area contributed by atoms with Gasteiger partial charge >= 0.3 is 0 Å². The topological polar surface area (TPSA) is 71.7 Å². The maximum atomic E-state index is 12.5. The van der Waals surface area contributed by atoms with Crippen LogP contribution in [0.4, 0.5) is 11.4 Å². The highest BCUT2D eigenvalue weighted by Gasteiger charge is 2.35. The van der Waals surface area contributed by atoms with Gasteiger partial charge in [-0.15, -0.1) is 0 Å². The first kappa shape index (κ1) is 14.1. The summed E-state index contributed by atoms with van der Waals surface area (Å²) in [5.41, 5.74) is 7.66. The first-order valence-corrected chi connectivity index (χ1v) is 7.51. The maximum absolute atomic E-state index is 12.5. The molecular formula is C15H22N4O2. The van der Waals surface area contributed by atoms with Gasteiger partial charge in [0.25, 0.3) is 0 Å². The van der Waals surface area contributed by atoms with Crippen molar-refractivity contribution in [3.05, 3.63) is 18.5 Å². The molecular weight excluding hydrogens is 268 g/mol. The van der Waals surface area contributed by atoms with Crippen molar-refractivity contribution in [1.29, 1.82) is 0 Å². The van der Waals surface area contributed by atoms with Crippen LogP contribution in [0.5, 0.6) is 0 Å². The van der Waals surface area contributed by atoms with E-state index in [4.69, 9.17) is 10.5 Å². The van der Waals surface area contributed by atoms with Crippen molar-refractivity contribution in [2.45, 2.75) is 19.4 Å². The van der Waals surface area contributed by atoms with E-state index < -0.39 is 0 Å². The standard InChI is InChI=1S/C15H22N4O2/c1-11-12(3-9-21-11)15(20)19-7-5-18(6-8-19)14-2-4-17-10-13(14)16/h2,4,10-12H,3,5-9,16H2,1H3. The molecule has 2 atom stereocenters. The molecule has 2 aliphatic heterocycles. The molecule has 2 unspecified atom stereocenters. The van der Waals surface area contributed by atoms with Gasteiger partial charge in [-0.3, -0.25) is 9.78 Å². The quantitative estimate of drug-likeness (QED) is 0.869. The molecule has 3 rings (SSSR count). The predicted octanol–water partition coefficient (Wildman–Crippen LogP) is 0.737. The van der Waals surface area contributed by atoms with Gasteiger partial charge in [-0.05, 0) is 19.4 Å². The fourth-order valence-electron chi connectivity index (χ4n) is 3.15. The Morgan fingerprint density at radius 2 is 2.14 bits per heavy atom. The van der Waals surface area contributed by atoms with Crippen molar-refractivity contribution < 1.29 is 9.53 Å². The van der Waals surface area contributed by atoms with Crippen molar-refractivity contribution >= 4 is 17.3 Å². The number of nitrogen functional groups attached to an aromatic ring is 1. The lowest BCUT2D eigenvalue weighted by Gasteiger charge is -2.37. The average molecular weight is 290 g/mol. The molecule has 1 amide bonds. The van der Waals surface area contributed by atoms with Crippen LogP contribution in [0.3, 0.4) is 0 Å². The van der Waals surface area contributed by atoms with Gasteiger partial charge in [-0.2, -0.15) is 0 Å². The van der Waals surface area contributed by atoms with Crippen LogP contribution in [-0.4, -0.2) is 54.7 Å². The van der Waals surface area contributed by atoms with Crippen LogP contribution in [0.25, 0.3) is 0 Å². The van der Waals surface area contributed by atoms with Crippen LogP contribution in [-0.2, 0) is 9.53 Å². The number of amides is 1. The minimum Gasteiger partial charge on any atom is -0.396 e. The van der Waals surface area contributed by atoms with Crippen LogP contribution in [0, 0.1) is 5.92 Å². The molecule has 0 radical (unpaired) electrons. The summed E-state index contributed by atoms with van der Waals surface area (Å²) in [6, 6.07) is 1.93. The Balaban J connectivity index is 1.60. The summed E-state index contributed by atoms with van der Waals surface area (Å²) in [6.07, 6.45) is 4.31. The summed E-state index contributed by atoms with van der Waals surface area (Å²) in [4.78, 5) is 20.7. The summed E-state index contributed by atoms with van der Waals surface area (Å²) >= 11 is 0. The third kappa shape index (κ3) is 2.81. The van der Waals surface area contributed by atoms with E-state index in [0.29, 0.717) is 12.3 Å². The Kier molecular flexibility index (Phi) is 3.96. The van der Waals surface area contributed by atoms with Gasteiger partial charge in [0.05, 0.1) is 29.6 Å². The SMILES string of the molecule is CC1OCCC1C(=O)N1CCN(c2ccncc2N)CC1. The van der Waals surface area contributed by atoms with E-state index in [1.165, 1.54) is 0 Å². The molecule has 0 saturated carbocycles. The molecule has 6 nitrogen and oxygen atoms in total. The monoisotopic (exact) mass is 290 g/mol. The third-order valence-electron chi connectivity index (χ3n) is 4.45. The third-order valence-corrected chi connectivity index (χ3v) is 4.45. The number of piperazine rings is 1. The average Bonchev–Trinajstić information content (AvgIpc) is 2.93. The lowest BCUT2D eigenvalue weighted by molar-refractivity contribution is -0.137. The fraction of sp³-hybridized carbons (Fsp3) is 0.600. The number of anilines is 2. The molecule has 2 saturated heterocycles. The zero-order valence-electron chi connectivity index (χ0n) is 12.4. The molecule has 21 heavy (non-hydrogen) atoms. The highest BCUT2D eigenvalue weighted by Crippen LogP contribution is 2.26. The Labute approximate surface area is 124 Å². The van der Waals surface area contributed by atoms with Crippen LogP contribution in [0.2, 0.25) is 0 Å². The Bertz CT molecular complexity index is 514. The molecule has 6 heteroatoms. The molecule has 2 fully saturated rings. The number of hydrogen-bond donors (Lipinski definition) is 1. The number of ether oxygens (including phenoxy) is 1. The lowest BCUT2D eigenvalue weighted by Crippen LogP contribution is -2.51. The van der Waals surface area contributed by atoms with Crippen LogP contribution in [0.1, 0.15) is 13.3 Å². The van der Waals surface area contributed by atoms with Crippen LogP contribution >= 0.6 is 0 Å². The molecule has 0 aliphatic carbocycles. The summed E-state index contributed by atoms with van der Waals surface area (Å²) in [5.74, 6) is 0.268. The molecule has 0 aromatic carbocycles. The van der Waals surface area contributed by atoms with Crippen LogP contribution in [0.15, 0.2) is 18.5 Å². The number of pyridine rings is 1. The summed E-state index contributed by atoms with van der Waals surface area (Å²) in [6.45, 7) is 5.78. The molecule has 0 bridgehead atoms.